The smallest absolute Gasteiger partial charge is 0.249 e. The molecule has 2 rings (SSSR count). The Hall–Kier alpha value is -0.770. The standard InChI is InChI=1S/C13H15Cl2NO2/c14-10-4-3-9(11(15)8-10)5-6-16-13(17)12-2-1-7-18-12/h3-4,8,12H,1-2,5-7H2,(H,16,17). The molecule has 1 aromatic carbocycles. The summed E-state index contributed by atoms with van der Waals surface area (Å²) in [6.07, 6.45) is 2.19. The number of benzene rings is 1. The summed E-state index contributed by atoms with van der Waals surface area (Å²) >= 11 is 11.9. The lowest BCUT2D eigenvalue weighted by Gasteiger charge is -2.10. The van der Waals surface area contributed by atoms with Crippen LogP contribution in [0.25, 0.3) is 0 Å². The van der Waals surface area contributed by atoms with Gasteiger partial charge in [-0.2, -0.15) is 0 Å². The number of hydrogen-bond donors (Lipinski definition) is 1. The molecule has 5 heteroatoms. The highest BCUT2D eigenvalue weighted by Crippen LogP contribution is 2.21. The molecule has 0 aromatic heterocycles. The molecule has 1 aliphatic heterocycles. The summed E-state index contributed by atoms with van der Waals surface area (Å²) in [5, 5.41) is 4.11. The Labute approximate surface area is 116 Å². The molecule has 1 saturated heterocycles. The van der Waals surface area contributed by atoms with Gasteiger partial charge in [-0.3, -0.25) is 4.79 Å². The van der Waals surface area contributed by atoms with E-state index in [1.807, 2.05) is 6.07 Å². The maximum absolute atomic E-state index is 11.7. The van der Waals surface area contributed by atoms with Gasteiger partial charge < -0.3 is 10.1 Å². The monoisotopic (exact) mass is 287 g/mol. The number of nitrogens with one attached hydrogen (secondary N) is 1. The molecule has 1 aliphatic rings. The zero-order valence-electron chi connectivity index (χ0n) is 9.92. The van der Waals surface area contributed by atoms with Gasteiger partial charge in [-0.25, -0.2) is 0 Å². The van der Waals surface area contributed by atoms with Gasteiger partial charge in [-0.1, -0.05) is 29.3 Å². The third kappa shape index (κ3) is 3.61. The van der Waals surface area contributed by atoms with E-state index in [0.717, 1.165) is 18.4 Å². The van der Waals surface area contributed by atoms with E-state index in [9.17, 15) is 4.79 Å². The molecule has 1 unspecified atom stereocenters. The van der Waals surface area contributed by atoms with Crippen LogP contribution in [-0.4, -0.2) is 25.2 Å². The lowest BCUT2D eigenvalue weighted by molar-refractivity contribution is -0.129. The fraction of sp³-hybridized carbons (Fsp3) is 0.462. The van der Waals surface area contributed by atoms with Gasteiger partial charge in [0.25, 0.3) is 0 Å². The maximum Gasteiger partial charge on any atom is 0.249 e. The highest BCUT2D eigenvalue weighted by atomic mass is 35.5. The average Bonchev–Trinajstić information content (AvgIpc) is 2.85. The van der Waals surface area contributed by atoms with E-state index >= 15 is 0 Å². The van der Waals surface area contributed by atoms with Crippen molar-refractivity contribution in [1.29, 1.82) is 0 Å². The van der Waals surface area contributed by atoms with Crippen LogP contribution in [0.4, 0.5) is 0 Å². The average molecular weight is 288 g/mol. The summed E-state index contributed by atoms with van der Waals surface area (Å²) < 4.78 is 5.30. The van der Waals surface area contributed by atoms with Crippen molar-refractivity contribution >= 4 is 29.1 Å². The summed E-state index contributed by atoms with van der Waals surface area (Å²) in [4.78, 5) is 11.7. The Morgan fingerprint density at radius 3 is 2.94 bits per heavy atom. The third-order valence-corrected chi connectivity index (χ3v) is 3.52. The van der Waals surface area contributed by atoms with Crippen molar-refractivity contribution in [3.05, 3.63) is 33.8 Å². The fourth-order valence-electron chi connectivity index (χ4n) is 1.94. The molecule has 1 amide bonds. The third-order valence-electron chi connectivity index (χ3n) is 2.93. The normalized spacial score (nSPS) is 18.9. The molecule has 0 aliphatic carbocycles. The molecule has 3 nitrogen and oxygen atoms in total. The minimum absolute atomic E-state index is 0.0300. The van der Waals surface area contributed by atoms with Crippen LogP contribution in [0, 0.1) is 0 Å². The highest BCUT2D eigenvalue weighted by molar-refractivity contribution is 6.35. The first kappa shape index (κ1) is 13.7. The van der Waals surface area contributed by atoms with Crippen molar-refractivity contribution < 1.29 is 9.53 Å². The Morgan fingerprint density at radius 1 is 1.44 bits per heavy atom. The molecular formula is C13H15Cl2NO2. The quantitative estimate of drug-likeness (QED) is 0.925. The molecule has 18 heavy (non-hydrogen) atoms. The van der Waals surface area contributed by atoms with Crippen molar-refractivity contribution in [2.24, 2.45) is 0 Å². The summed E-state index contributed by atoms with van der Waals surface area (Å²) in [6, 6.07) is 5.38. The molecule has 0 radical (unpaired) electrons. The van der Waals surface area contributed by atoms with Crippen molar-refractivity contribution in [3.8, 4) is 0 Å². The number of ether oxygens (including phenoxy) is 1. The predicted molar refractivity (Wildman–Crippen MR) is 72.1 cm³/mol. The van der Waals surface area contributed by atoms with Crippen LogP contribution in [0.1, 0.15) is 18.4 Å². The highest BCUT2D eigenvalue weighted by Gasteiger charge is 2.22. The molecule has 0 bridgehead atoms. The van der Waals surface area contributed by atoms with E-state index < -0.39 is 0 Å². The van der Waals surface area contributed by atoms with E-state index in [2.05, 4.69) is 5.32 Å². The first-order valence-corrected chi connectivity index (χ1v) is 6.75. The van der Waals surface area contributed by atoms with Crippen LogP contribution in [0.3, 0.4) is 0 Å². The summed E-state index contributed by atoms with van der Waals surface area (Å²) in [6.45, 7) is 1.24. The molecule has 1 heterocycles. The molecule has 98 valence electrons. The van der Waals surface area contributed by atoms with Gasteiger partial charge in [0, 0.05) is 23.2 Å². The lowest BCUT2D eigenvalue weighted by Crippen LogP contribution is -2.35. The molecule has 1 fully saturated rings. The van der Waals surface area contributed by atoms with Gasteiger partial charge in [0.15, 0.2) is 0 Å². The topological polar surface area (TPSA) is 38.3 Å². The molecule has 0 spiro atoms. The molecule has 1 N–H and O–H groups in total. The van der Waals surface area contributed by atoms with Crippen molar-refractivity contribution in [3.63, 3.8) is 0 Å². The number of rotatable bonds is 4. The minimum atomic E-state index is -0.273. The van der Waals surface area contributed by atoms with Crippen LogP contribution in [0.15, 0.2) is 18.2 Å². The second kappa shape index (κ2) is 6.41. The second-order valence-corrected chi connectivity index (χ2v) is 5.12. The predicted octanol–water partition coefficient (Wildman–Crippen LogP) is 2.83. The Bertz CT molecular complexity index is 431. The second-order valence-electron chi connectivity index (χ2n) is 4.28. The Balaban J connectivity index is 1.79. The molecular weight excluding hydrogens is 273 g/mol. The first-order valence-electron chi connectivity index (χ1n) is 6.00. The van der Waals surface area contributed by atoms with Gasteiger partial charge >= 0.3 is 0 Å². The van der Waals surface area contributed by atoms with Crippen LogP contribution in [0.2, 0.25) is 10.0 Å². The molecule has 1 atom stereocenters. The Morgan fingerprint density at radius 2 is 2.28 bits per heavy atom. The number of carbonyl (C=O) groups excluding carboxylic acids is 1. The van der Waals surface area contributed by atoms with Gasteiger partial charge in [0.05, 0.1) is 0 Å². The minimum Gasteiger partial charge on any atom is -0.368 e. The van der Waals surface area contributed by atoms with Gasteiger partial charge in [0.1, 0.15) is 6.10 Å². The number of halogens is 2. The van der Waals surface area contributed by atoms with Gasteiger partial charge in [0.2, 0.25) is 5.91 Å². The SMILES string of the molecule is O=C(NCCc1ccc(Cl)cc1Cl)C1CCCO1. The summed E-state index contributed by atoms with van der Waals surface area (Å²) in [5.74, 6) is -0.0300. The molecule has 0 saturated carbocycles. The maximum atomic E-state index is 11.7. The zero-order chi connectivity index (χ0) is 13.0. The molecule has 1 aromatic rings. The fourth-order valence-corrected chi connectivity index (χ4v) is 2.45. The van der Waals surface area contributed by atoms with Crippen molar-refractivity contribution in [1.82, 2.24) is 5.32 Å². The largest absolute Gasteiger partial charge is 0.368 e. The number of carbonyl (C=O) groups is 1. The van der Waals surface area contributed by atoms with Gasteiger partial charge in [-0.15, -0.1) is 0 Å². The summed E-state index contributed by atoms with van der Waals surface area (Å²) in [7, 11) is 0. The van der Waals surface area contributed by atoms with E-state index in [0.29, 0.717) is 29.6 Å². The van der Waals surface area contributed by atoms with Crippen LogP contribution < -0.4 is 5.32 Å². The van der Waals surface area contributed by atoms with Crippen LogP contribution in [0.5, 0.6) is 0 Å². The zero-order valence-corrected chi connectivity index (χ0v) is 11.4. The number of amides is 1. The summed E-state index contributed by atoms with van der Waals surface area (Å²) in [5.41, 5.74) is 0.980. The van der Waals surface area contributed by atoms with E-state index in [4.69, 9.17) is 27.9 Å². The van der Waals surface area contributed by atoms with E-state index in [-0.39, 0.29) is 12.0 Å². The van der Waals surface area contributed by atoms with E-state index in [1.165, 1.54) is 0 Å². The van der Waals surface area contributed by atoms with Crippen molar-refractivity contribution in [2.45, 2.75) is 25.4 Å². The first-order chi connectivity index (χ1) is 8.66. The van der Waals surface area contributed by atoms with E-state index in [1.54, 1.807) is 12.1 Å². The van der Waals surface area contributed by atoms with Crippen molar-refractivity contribution in [2.75, 3.05) is 13.2 Å². The number of hydrogen-bond acceptors (Lipinski definition) is 2. The van der Waals surface area contributed by atoms with Crippen LogP contribution >= 0.6 is 23.2 Å². The van der Waals surface area contributed by atoms with Gasteiger partial charge in [-0.05, 0) is 37.0 Å². The Kier molecular flexibility index (Phi) is 4.87. The van der Waals surface area contributed by atoms with Crippen LogP contribution in [-0.2, 0) is 16.0 Å². The lowest BCUT2D eigenvalue weighted by atomic mass is 10.1.